The minimum Gasteiger partial charge on any atom is -0.464 e. The van der Waals surface area contributed by atoms with Gasteiger partial charge in [0.2, 0.25) is 0 Å². The van der Waals surface area contributed by atoms with Crippen molar-refractivity contribution in [2.75, 3.05) is 24.9 Å². The number of rotatable bonds is 11. The van der Waals surface area contributed by atoms with E-state index in [9.17, 15) is 9.36 Å². The molecule has 0 N–H and O–H groups in total. The molecule has 0 radical (unpaired) electrons. The number of pyridine rings is 1. The van der Waals surface area contributed by atoms with Crippen molar-refractivity contribution >= 4 is 36.4 Å². The summed E-state index contributed by atoms with van der Waals surface area (Å²) in [4.78, 5) is 17.7. The van der Waals surface area contributed by atoms with Gasteiger partial charge in [-0.05, 0) is 38.3 Å². The molecule has 0 spiro atoms. The molecule has 5 nitrogen and oxygen atoms in total. The quantitative estimate of drug-likeness (QED) is 0.226. The van der Waals surface area contributed by atoms with E-state index in [1.54, 1.807) is 6.92 Å². The van der Waals surface area contributed by atoms with E-state index in [4.69, 9.17) is 9.47 Å². The molecule has 1 aromatic heterocycles. The highest BCUT2D eigenvalue weighted by Gasteiger charge is 2.44. The van der Waals surface area contributed by atoms with Gasteiger partial charge in [0.1, 0.15) is 0 Å². The lowest BCUT2D eigenvalue weighted by molar-refractivity contribution is -0.171. The first-order chi connectivity index (χ1) is 15.1. The van der Waals surface area contributed by atoms with Gasteiger partial charge in [-0.2, -0.15) is 0 Å². The Balaban J connectivity index is 1.69. The van der Waals surface area contributed by atoms with Gasteiger partial charge in [0.05, 0.1) is 30.4 Å². The lowest BCUT2D eigenvalue weighted by Gasteiger charge is -2.35. The van der Waals surface area contributed by atoms with Gasteiger partial charge in [0, 0.05) is 18.2 Å². The average molecular weight is 464 g/mol. The van der Waals surface area contributed by atoms with E-state index < -0.39 is 13.4 Å². The van der Waals surface area contributed by atoms with Crippen LogP contribution in [0, 0.1) is 5.92 Å². The van der Waals surface area contributed by atoms with Gasteiger partial charge in [-0.1, -0.05) is 68.1 Å². The SMILES string of the molecule is CCOC(=O)C(CC1CCCCC1)(C[PH](=O)CSc1ccc2ccccc2n1)OCC. The largest absolute Gasteiger partial charge is 0.464 e. The van der Waals surface area contributed by atoms with Crippen LogP contribution in [0.1, 0.15) is 52.4 Å². The lowest BCUT2D eigenvalue weighted by Crippen LogP contribution is -2.47. The molecular formula is C24H34NO4PS. The maximum Gasteiger partial charge on any atom is 0.338 e. The number of hydrogen-bond donors (Lipinski definition) is 0. The Morgan fingerprint density at radius 2 is 1.90 bits per heavy atom. The Hall–Kier alpha value is -1.36. The summed E-state index contributed by atoms with van der Waals surface area (Å²) in [5.74, 6) is 0.0731. The normalized spacial score (nSPS) is 17.9. The monoisotopic (exact) mass is 463 g/mol. The van der Waals surface area contributed by atoms with Crippen LogP contribution in [0.2, 0.25) is 0 Å². The maximum atomic E-state index is 13.2. The summed E-state index contributed by atoms with van der Waals surface area (Å²) < 4.78 is 24.6. The molecule has 1 heterocycles. The summed E-state index contributed by atoms with van der Waals surface area (Å²) >= 11 is 1.49. The lowest BCUT2D eigenvalue weighted by atomic mass is 9.81. The first-order valence-electron chi connectivity index (χ1n) is 11.4. The van der Waals surface area contributed by atoms with Crippen molar-refractivity contribution in [2.45, 2.75) is 63.0 Å². The van der Waals surface area contributed by atoms with Gasteiger partial charge < -0.3 is 14.0 Å². The van der Waals surface area contributed by atoms with Crippen molar-refractivity contribution in [1.82, 2.24) is 4.98 Å². The van der Waals surface area contributed by atoms with Crippen LogP contribution in [-0.4, -0.2) is 41.4 Å². The van der Waals surface area contributed by atoms with E-state index in [2.05, 4.69) is 4.98 Å². The second-order valence-corrected chi connectivity index (χ2v) is 11.5. The summed E-state index contributed by atoms with van der Waals surface area (Å²) in [6.45, 7) is 4.40. The van der Waals surface area contributed by atoms with E-state index >= 15 is 0 Å². The zero-order chi connectivity index (χ0) is 22.1. The number of aromatic nitrogens is 1. The van der Waals surface area contributed by atoms with Crippen LogP contribution >= 0.6 is 19.6 Å². The fourth-order valence-corrected chi connectivity index (χ4v) is 7.44. The van der Waals surface area contributed by atoms with Crippen LogP contribution in [0.4, 0.5) is 0 Å². The molecule has 0 amide bonds. The number of fused-ring (bicyclic) bond motifs is 1. The third-order valence-electron chi connectivity index (χ3n) is 5.85. The number of benzene rings is 1. The zero-order valence-electron chi connectivity index (χ0n) is 18.6. The van der Waals surface area contributed by atoms with Crippen molar-refractivity contribution in [1.29, 1.82) is 0 Å². The number of nitrogens with zero attached hydrogens (tertiary/aromatic N) is 1. The molecule has 2 atom stereocenters. The van der Waals surface area contributed by atoms with Gasteiger partial charge in [-0.15, -0.1) is 0 Å². The van der Waals surface area contributed by atoms with Crippen molar-refractivity contribution in [2.24, 2.45) is 5.92 Å². The predicted octanol–water partition coefficient (Wildman–Crippen LogP) is 6.15. The molecule has 3 rings (SSSR count). The van der Waals surface area contributed by atoms with E-state index in [1.807, 2.05) is 43.3 Å². The van der Waals surface area contributed by atoms with E-state index in [0.717, 1.165) is 28.8 Å². The number of thioether (sulfide) groups is 1. The van der Waals surface area contributed by atoms with Crippen LogP contribution in [-0.2, 0) is 18.8 Å². The van der Waals surface area contributed by atoms with Crippen LogP contribution in [0.5, 0.6) is 0 Å². The summed E-state index contributed by atoms with van der Waals surface area (Å²) in [5.41, 5.74) is 0.273. The van der Waals surface area contributed by atoms with Crippen LogP contribution in [0.25, 0.3) is 10.9 Å². The molecule has 7 heteroatoms. The molecule has 2 unspecified atom stereocenters. The standard InChI is InChI=1S/C24H34NO4PS/c1-3-28-23(26)24(29-4-2,16-19-10-6-5-7-11-19)17-30(27)18-31-22-15-14-20-12-8-9-13-21(20)25-22/h8-9,12-15,19,30H,3-7,10-11,16-18H2,1-2H3. The van der Waals surface area contributed by atoms with Crippen LogP contribution in [0.3, 0.4) is 0 Å². The molecule has 1 saturated carbocycles. The first kappa shape index (κ1) is 24.3. The number of ether oxygens (including phenoxy) is 2. The fourth-order valence-electron chi connectivity index (χ4n) is 4.44. The molecule has 1 aromatic carbocycles. The average Bonchev–Trinajstić information content (AvgIpc) is 2.78. The van der Waals surface area contributed by atoms with Crippen molar-refractivity contribution < 1.29 is 18.8 Å². The predicted molar refractivity (Wildman–Crippen MR) is 129 cm³/mol. The highest BCUT2D eigenvalue weighted by atomic mass is 32.2. The Labute approximate surface area is 190 Å². The smallest absolute Gasteiger partial charge is 0.338 e. The second-order valence-electron chi connectivity index (χ2n) is 8.20. The fraction of sp³-hybridized carbons (Fsp3) is 0.583. The van der Waals surface area contributed by atoms with E-state index in [0.29, 0.717) is 31.0 Å². The van der Waals surface area contributed by atoms with E-state index in [1.165, 1.54) is 31.0 Å². The molecule has 170 valence electrons. The summed E-state index contributed by atoms with van der Waals surface area (Å²) in [6, 6.07) is 12.0. The van der Waals surface area contributed by atoms with Gasteiger partial charge in [-0.25, -0.2) is 9.78 Å². The second kappa shape index (κ2) is 12.0. The van der Waals surface area contributed by atoms with Crippen molar-refractivity contribution in [3.63, 3.8) is 0 Å². The molecule has 2 aromatic rings. The van der Waals surface area contributed by atoms with Gasteiger partial charge in [0.25, 0.3) is 0 Å². The minimum absolute atomic E-state index is 0.238. The summed E-state index contributed by atoms with van der Waals surface area (Å²) in [7, 11) is -2.08. The third kappa shape index (κ3) is 6.81. The Bertz CT molecular complexity index is 887. The van der Waals surface area contributed by atoms with Crippen molar-refractivity contribution in [3.8, 4) is 0 Å². The minimum atomic E-state index is -2.08. The summed E-state index contributed by atoms with van der Waals surface area (Å²) in [5, 5.41) is 1.94. The molecule has 0 aliphatic heterocycles. The topological polar surface area (TPSA) is 65.5 Å². The Kier molecular flexibility index (Phi) is 9.43. The van der Waals surface area contributed by atoms with Gasteiger partial charge in [0.15, 0.2) is 5.60 Å². The maximum absolute atomic E-state index is 13.2. The molecule has 0 bridgehead atoms. The number of para-hydroxylation sites is 1. The molecule has 31 heavy (non-hydrogen) atoms. The summed E-state index contributed by atoms with van der Waals surface area (Å²) in [6.07, 6.45) is 6.68. The first-order valence-corrected chi connectivity index (χ1v) is 14.2. The van der Waals surface area contributed by atoms with Crippen molar-refractivity contribution in [3.05, 3.63) is 36.4 Å². The molecule has 1 aliphatic carbocycles. The number of carbonyl (C=O) groups excluding carboxylic acids is 1. The Morgan fingerprint density at radius 1 is 1.13 bits per heavy atom. The third-order valence-corrected chi connectivity index (χ3v) is 9.20. The molecular weight excluding hydrogens is 429 g/mol. The van der Waals surface area contributed by atoms with Crippen LogP contribution < -0.4 is 0 Å². The Morgan fingerprint density at radius 3 is 2.65 bits per heavy atom. The zero-order valence-corrected chi connectivity index (χ0v) is 20.4. The molecule has 0 saturated heterocycles. The number of carbonyl (C=O) groups is 1. The highest BCUT2D eigenvalue weighted by molar-refractivity contribution is 8.03. The van der Waals surface area contributed by atoms with E-state index in [-0.39, 0.29) is 12.1 Å². The highest BCUT2D eigenvalue weighted by Crippen LogP contribution is 2.41. The van der Waals surface area contributed by atoms with Gasteiger partial charge >= 0.3 is 5.97 Å². The number of hydrogen-bond acceptors (Lipinski definition) is 6. The number of esters is 1. The van der Waals surface area contributed by atoms with Gasteiger partial charge in [-0.3, -0.25) is 0 Å². The molecule has 1 aliphatic rings. The van der Waals surface area contributed by atoms with Crippen LogP contribution in [0.15, 0.2) is 41.4 Å². The molecule has 1 fully saturated rings.